The molecule has 0 aliphatic rings. The molecule has 3 aromatic rings. The number of ether oxygens (including phenoxy) is 1. The van der Waals surface area contributed by atoms with Gasteiger partial charge in [-0.2, -0.15) is 0 Å². The number of amides is 2. The first-order valence-electron chi connectivity index (χ1n) is 13.0. The molecule has 0 fully saturated rings. The number of rotatable bonds is 13. The zero-order chi connectivity index (χ0) is 28.4. The maximum Gasteiger partial charge on any atom is 0.244 e. The summed E-state index contributed by atoms with van der Waals surface area (Å²) in [7, 11) is -3.82. The molecule has 0 saturated carbocycles. The number of nitrogens with zero attached hydrogens (tertiary/aromatic N) is 2. The van der Waals surface area contributed by atoms with Gasteiger partial charge in [-0.15, -0.1) is 0 Å². The number of carbonyl (C=O) groups excluding carboxylic acids is 2. The van der Waals surface area contributed by atoms with Gasteiger partial charge in [0, 0.05) is 13.1 Å². The molecule has 39 heavy (non-hydrogen) atoms. The van der Waals surface area contributed by atoms with Crippen molar-refractivity contribution in [2.24, 2.45) is 0 Å². The molecule has 0 aliphatic carbocycles. The minimum absolute atomic E-state index is 0.170. The van der Waals surface area contributed by atoms with E-state index >= 15 is 0 Å². The van der Waals surface area contributed by atoms with Crippen LogP contribution in [0.4, 0.5) is 5.69 Å². The summed E-state index contributed by atoms with van der Waals surface area (Å²) in [4.78, 5) is 28.0. The highest BCUT2D eigenvalue weighted by molar-refractivity contribution is 7.92. The minimum atomic E-state index is -3.82. The number of anilines is 1. The second-order valence-corrected chi connectivity index (χ2v) is 11.4. The third kappa shape index (κ3) is 8.85. The first-order chi connectivity index (χ1) is 18.6. The van der Waals surface area contributed by atoms with Crippen LogP contribution in [0.3, 0.4) is 0 Å². The number of nitrogens with one attached hydrogen (secondary N) is 1. The van der Waals surface area contributed by atoms with E-state index in [4.69, 9.17) is 4.74 Å². The summed E-state index contributed by atoms with van der Waals surface area (Å²) in [6, 6.07) is 22.6. The number of aryl methyl sites for hydroxylation is 1. The average molecular weight is 552 g/mol. The van der Waals surface area contributed by atoms with Gasteiger partial charge < -0.3 is 15.0 Å². The molecule has 1 atom stereocenters. The number of sulfonamides is 1. The Labute approximate surface area is 231 Å². The fourth-order valence-corrected chi connectivity index (χ4v) is 4.78. The van der Waals surface area contributed by atoms with Crippen molar-refractivity contribution < 1.29 is 22.7 Å². The highest BCUT2D eigenvalue weighted by atomic mass is 32.2. The Hall–Kier alpha value is -3.85. The maximum absolute atomic E-state index is 13.6. The first kappa shape index (κ1) is 29.7. The molecular weight excluding hydrogens is 514 g/mol. The van der Waals surface area contributed by atoms with Gasteiger partial charge in [-0.05, 0) is 62.2 Å². The van der Waals surface area contributed by atoms with Crippen LogP contribution in [0.5, 0.6) is 11.5 Å². The molecule has 0 saturated heterocycles. The van der Waals surface area contributed by atoms with Crippen molar-refractivity contribution in [1.82, 2.24) is 10.2 Å². The number of carbonyl (C=O) groups is 2. The van der Waals surface area contributed by atoms with Gasteiger partial charge in [0.15, 0.2) is 0 Å². The molecule has 0 radical (unpaired) electrons. The Morgan fingerprint density at radius 1 is 0.923 bits per heavy atom. The van der Waals surface area contributed by atoms with E-state index in [0.717, 1.165) is 34.5 Å². The highest BCUT2D eigenvalue weighted by Crippen LogP contribution is 2.26. The summed E-state index contributed by atoms with van der Waals surface area (Å²) in [5.41, 5.74) is 2.24. The van der Waals surface area contributed by atoms with Crippen molar-refractivity contribution in [2.45, 2.75) is 46.2 Å². The Morgan fingerprint density at radius 3 is 2.13 bits per heavy atom. The summed E-state index contributed by atoms with van der Waals surface area (Å²) >= 11 is 0. The molecule has 9 heteroatoms. The predicted molar refractivity (Wildman–Crippen MR) is 154 cm³/mol. The molecule has 0 heterocycles. The topological polar surface area (TPSA) is 96.0 Å². The van der Waals surface area contributed by atoms with Gasteiger partial charge in [-0.3, -0.25) is 13.9 Å². The van der Waals surface area contributed by atoms with E-state index in [1.54, 1.807) is 31.2 Å². The molecule has 208 valence electrons. The fourth-order valence-electron chi connectivity index (χ4n) is 3.93. The fraction of sp³-hybridized carbons (Fsp3) is 0.333. The lowest BCUT2D eigenvalue weighted by atomic mass is 10.1. The van der Waals surface area contributed by atoms with E-state index in [1.165, 1.54) is 4.90 Å². The third-order valence-electron chi connectivity index (χ3n) is 6.25. The monoisotopic (exact) mass is 551 g/mol. The molecule has 0 aromatic heterocycles. The maximum atomic E-state index is 13.6. The van der Waals surface area contributed by atoms with Gasteiger partial charge in [-0.25, -0.2) is 8.42 Å². The van der Waals surface area contributed by atoms with Crippen molar-refractivity contribution in [1.29, 1.82) is 0 Å². The lowest BCUT2D eigenvalue weighted by molar-refractivity contribution is -0.139. The number of unbranched alkanes of at least 4 members (excludes halogenated alkanes) is 1. The molecule has 0 bridgehead atoms. The van der Waals surface area contributed by atoms with E-state index in [2.05, 4.69) is 5.32 Å². The summed E-state index contributed by atoms with van der Waals surface area (Å²) in [6.07, 6.45) is 2.81. The summed E-state index contributed by atoms with van der Waals surface area (Å²) < 4.78 is 32.4. The van der Waals surface area contributed by atoms with Gasteiger partial charge in [0.25, 0.3) is 0 Å². The Kier molecular flexibility index (Phi) is 10.5. The SMILES string of the molecule is CCCCNC(=O)C(C)N(Cc1ccc(C)cc1)C(=O)CN(c1ccc(Oc2ccccc2)cc1)S(C)(=O)=O. The van der Waals surface area contributed by atoms with Crippen molar-refractivity contribution >= 4 is 27.5 Å². The van der Waals surface area contributed by atoms with Crippen molar-refractivity contribution in [2.75, 3.05) is 23.7 Å². The van der Waals surface area contributed by atoms with Crippen LogP contribution >= 0.6 is 0 Å². The van der Waals surface area contributed by atoms with Crippen LogP contribution in [0.25, 0.3) is 0 Å². The molecule has 2 amide bonds. The molecular formula is C30H37N3O5S. The zero-order valence-corrected chi connectivity index (χ0v) is 23.8. The molecule has 0 spiro atoms. The number of benzene rings is 3. The van der Waals surface area contributed by atoms with Gasteiger partial charge in [0.1, 0.15) is 24.1 Å². The van der Waals surface area contributed by atoms with Crippen molar-refractivity contribution in [3.63, 3.8) is 0 Å². The quantitative estimate of drug-likeness (QED) is 0.305. The molecule has 1 N–H and O–H groups in total. The summed E-state index contributed by atoms with van der Waals surface area (Å²) in [5, 5.41) is 2.88. The number of hydrogen-bond acceptors (Lipinski definition) is 5. The van der Waals surface area contributed by atoms with Gasteiger partial charge in [0.05, 0.1) is 11.9 Å². The third-order valence-corrected chi connectivity index (χ3v) is 7.39. The summed E-state index contributed by atoms with van der Waals surface area (Å²) in [5.74, 6) is 0.419. The second kappa shape index (κ2) is 13.8. The van der Waals surface area contributed by atoms with Crippen LogP contribution in [-0.4, -0.2) is 50.5 Å². The molecule has 3 aromatic carbocycles. The standard InChI is InChI=1S/C30H37N3O5S/c1-5-6-20-31-30(35)24(3)32(21-25-14-12-23(2)13-15-25)29(34)22-33(39(4,36)37)26-16-18-28(19-17-26)38-27-10-8-7-9-11-27/h7-19,24H,5-6,20-22H2,1-4H3,(H,31,35). The highest BCUT2D eigenvalue weighted by Gasteiger charge is 2.30. The van der Waals surface area contributed by atoms with Crippen LogP contribution in [0.1, 0.15) is 37.8 Å². The molecule has 8 nitrogen and oxygen atoms in total. The normalized spacial score (nSPS) is 11.9. The van der Waals surface area contributed by atoms with Crippen LogP contribution in [0.2, 0.25) is 0 Å². The van der Waals surface area contributed by atoms with E-state index in [1.807, 2.05) is 68.4 Å². The largest absolute Gasteiger partial charge is 0.457 e. The van der Waals surface area contributed by atoms with E-state index in [9.17, 15) is 18.0 Å². The molecule has 1 unspecified atom stereocenters. The van der Waals surface area contributed by atoms with E-state index in [-0.39, 0.29) is 12.5 Å². The van der Waals surface area contributed by atoms with E-state index in [0.29, 0.717) is 23.7 Å². The van der Waals surface area contributed by atoms with E-state index < -0.39 is 28.5 Å². The minimum Gasteiger partial charge on any atom is -0.457 e. The van der Waals surface area contributed by atoms with Gasteiger partial charge >= 0.3 is 0 Å². The Morgan fingerprint density at radius 2 is 1.54 bits per heavy atom. The second-order valence-electron chi connectivity index (χ2n) is 9.51. The average Bonchev–Trinajstić information content (AvgIpc) is 2.91. The van der Waals surface area contributed by atoms with Gasteiger partial charge in [0.2, 0.25) is 21.8 Å². The Bertz CT molecular complexity index is 1330. The zero-order valence-electron chi connectivity index (χ0n) is 23.0. The van der Waals surface area contributed by atoms with Crippen molar-refractivity contribution in [3.8, 4) is 11.5 Å². The summed E-state index contributed by atoms with van der Waals surface area (Å²) in [6.45, 7) is 5.89. The van der Waals surface area contributed by atoms with Crippen molar-refractivity contribution in [3.05, 3.63) is 90.0 Å². The van der Waals surface area contributed by atoms with Crippen LogP contribution < -0.4 is 14.4 Å². The molecule has 3 rings (SSSR count). The van der Waals surface area contributed by atoms with Crippen LogP contribution in [0, 0.1) is 6.92 Å². The molecule has 0 aliphatic heterocycles. The number of hydrogen-bond donors (Lipinski definition) is 1. The van der Waals surface area contributed by atoms with Crippen LogP contribution in [0.15, 0.2) is 78.9 Å². The first-order valence-corrected chi connectivity index (χ1v) is 14.9. The Balaban J connectivity index is 1.83. The van der Waals surface area contributed by atoms with Crippen LogP contribution in [-0.2, 0) is 26.2 Å². The predicted octanol–water partition coefficient (Wildman–Crippen LogP) is 4.89. The van der Waals surface area contributed by atoms with Gasteiger partial charge in [-0.1, -0.05) is 61.4 Å². The lowest BCUT2D eigenvalue weighted by Gasteiger charge is -2.31. The lowest BCUT2D eigenvalue weighted by Crippen LogP contribution is -2.51. The number of para-hydroxylation sites is 1. The smallest absolute Gasteiger partial charge is 0.244 e.